The van der Waals surface area contributed by atoms with Crippen LogP contribution in [0.3, 0.4) is 0 Å². The van der Waals surface area contributed by atoms with Crippen LogP contribution in [0.5, 0.6) is 17.2 Å². The zero-order chi connectivity index (χ0) is 24.2. The minimum absolute atomic E-state index is 0.0639. The molecule has 0 unspecified atom stereocenters. The quantitative estimate of drug-likeness (QED) is 0.321. The first kappa shape index (κ1) is 24.5. The van der Waals surface area contributed by atoms with Gasteiger partial charge >= 0.3 is 0 Å². The number of nitrogens with one attached hydrogen (secondary N) is 3. The van der Waals surface area contributed by atoms with E-state index in [9.17, 15) is 9.59 Å². The summed E-state index contributed by atoms with van der Waals surface area (Å²) in [5.41, 5.74) is 6.38. The predicted molar refractivity (Wildman–Crippen MR) is 132 cm³/mol. The van der Waals surface area contributed by atoms with Gasteiger partial charge in [0.1, 0.15) is 5.75 Å². The number of hydrogen-bond acceptors (Lipinski definition) is 6. The van der Waals surface area contributed by atoms with Crippen molar-refractivity contribution >= 4 is 29.1 Å². The third-order valence-electron chi connectivity index (χ3n) is 4.57. The smallest absolute Gasteiger partial charge is 0.276 e. The molecule has 9 heteroatoms. The van der Waals surface area contributed by atoms with Gasteiger partial charge < -0.3 is 14.2 Å². The van der Waals surface area contributed by atoms with Gasteiger partial charge in [0, 0.05) is 12.0 Å². The number of hydrogen-bond donors (Lipinski definition) is 3. The third-order valence-corrected chi connectivity index (χ3v) is 4.77. The Labute approximate surface area is 203 Å². The second-order valence-corrected chi connectivity index (χ2v) is 7.42. The van der Waals surface area contributed by atoms with E-state index in [2.05, 4.69) is 16.2 Å². The molecular weight excluding hydrogens is 454 g/mol. The van der Waals surface area contributed by atoms with E-state index in [1.807, 2.05) is 30.3 Å². The van der Waals surface area contributed by atoms with Crippen molar-refractivity contribution in [2.75, 3.05) is 20.3 Å². The lowest BCUT2D eigenvalue weighted by atomic mass is 10.2. The topological polar surface area (TPSA) is 97.9 Å². The first-order valence-electron chi connectivity index (χ1n) is 10.5. The zero-order valence-electron chi connectivity index (χ0n) is 18.6. The van der Waals surface area contributed by atoms with Crippen LogP contribution in [0.25, 0.3) is 0 Å². The largest absolute Gasteiger partial charge is 0.493 e. The fourth-order valence-electron chi connectivity index (χ4n) is 2.91. The van der Waals surface area contributed by atoms with Gasteiger partial charge in [0.25, 0.3) is 11.8 Å². The maximum atomic E-state index is 12.5. The third kappa shape index (κ3) is 7.79. The summed E-state index contributed by atoms with van der Waals surface area (Å²) in [5.74, 6) is 0.588. The van der Waals surface area contributed by atoms with Gasteiger partial charge in [0.15, 0.2) is 23.2 Å². The number of ether oxygens (including phenoxy) is 3. The number of benzene rings is 3. The normalized spacial score (nSPS) is 10.0. The minimum atomic E-state index is -0.490. The first-order chi connectivity index (χ1) is 16.5. The van der Waals surface area contributed by atoms with E-state index >= 15 is 0 Å². The Hall–Kier alpha value is -4.11. The van der Waals surface area contributed by atoms with Gasteiger partial charge in [-0.15, -0.1) is 0 Å². The highest BCUT2D eigenvalue weighted by molar-refractivity contribution is 7.80. The molecule has 0 heterocycles. The molecule has 8 nitrogen and oxygen atoms in total. The van der Waals surface area contributed by atoms with E-state index in [1.165, 1.54) is 12.7 Å². The van der Waals surface area contributed by atoms with Gasteiger partial charge in [0.05, 0.1) is 13.7 Å². The summed E-state index contributed by atoms with van der Waals surface area (Å²) in [4.78, 5) is 24.5. The molecule has 3 N–H and O–H groups in total. The Morgan fingerprint density at radius 1 is 0.853 bits per heavy atom. The molecule has 0 bridgehead atoms. The first-order valence-corrected chi connectivity index (χ1v) is 10.9. The molecular formula is C25H25N3O5S. The summed E-state index contributed by atoms with van der Waals surface area (Å²) in [5, 5.41) is 2.44. The van der Waals surface area contributed by atoms with Gasteiger partial charge in [-0.05, 0) is 48.1 Å². The van der Waals surface area contributed by atoms with Crippen molar-refractivity contribution in [2.24, 2.45) is 0 Å². The van der Waals surface area contributed by atoms with Crippen molar-refractivity contribution in [1.29, 1.82) is 0 Å². The predicted octanol–water partition coefficient (Wildman–Crippen LogP) is 3.03. The molecule has 3 rings (SSSR count). The van der Waals surface area contributed by atoms with Crippen LogP contribution >= 0.6 is 12.2 Å². The van der Waals surface area contributed by atoms with Crippen LogP contribution < -0.4 is 30.4 Å². The highest BCUT2D eigenvalue weighted by atomic mass is 32.1. The molecule has 0 aliphatic rings. The van der Waals surface area contributed by atoms with Gasteiger partial charge in [-0.1, -0.05) is 48.5 Å². The molecule has 0 atom stereocenters. The summed E-state index contributed by atoms with van der Waals surface area (Å²) >= 11 is 5.07. The molecule has 3 aromatic rings. The number of amides is 2. The summed E-state index contributed by atoms with van der Waals surface area (Å²) in [6, 6.07) is 23.7. The van der Waals surface area contributed by atoms with E-state index in [4.69, 9.17) is 26.4 Å². The number of methoxy groups -OCH3 is 1. The van der Waals surface area contributed by atoms with Gasteiger partial charge in [-0.2, -0.15) is 0 Å². The van der Waals surface area contributed by atoms with E-state index in [0.29, 0.717) is 29.4 Å². The maximum Gasteiger partial charge on any atom is 0.276 e. The average Bonchev–Trinajstić information content (AvgIpc) is 2.87. The van der Waals surface area contributed by atoms with Gasteiger partial charge in [0.2, 0.25) is 0 Å². The number of carbonyl (C=O) groups excluding carboxylic acids is 2. The van der Waals surface area contributed by atoms with Gasteiger partial charge in [-0.3, -0.25) is 25.8 Å². The van der Waals surface area contributed by atoms with Crippen molar-refractivity contribution in [3.63, 3.8) is 0 Å². The summed E-state index contributed by atoms with van der Waals surface area (Å²) in [6.07, 6.45) is 0.756. The van der Waals surface area contributed by atoms with Crippen LogP contribution in [0.4, 0.5) is 0 Å². The summed E-state index contributed by atoms with van der Waals surface area (Å²) in [7, 11) is 1.51. The monoisotopic (exact) mass is 479 g/mol. The summed E-state index contributed by atoms with van der Waals surface area (Å²) in [6.45, 7) is 0.213. The standard InChI is InChI=1S/C25H25N3O5S/c1-31-21-12-5-6-13-22(21)33-17-23(29)27-28-25(34)26-24(30)19-10-7-11-20(16-19)32-15-14-18-8-3-2-4-9-18/h2-13,16H,14-15,17H2,1H3,(H,27,29)(H2,26,28,30,34). The molecule has 176 valence electrons. The number of rotatable bonds is 9. The number of hydrazine groups is 1. The molecule has 0 aromatic heterocycles. The van der Waals surface area contributed by atoms with Crippen molar-refractivity contribution in [3.8, 4) is 17.2 Å². The van der Waals surface area contributed by atoms with Crippen LogP contribution in [0.2, 0.25) is 0 Å². The lowest BCUT2D eigenvalue weighted by molar-refractivity contribution is -0.123. The highest BCUT2D eigenvalue weighted by Crippen LogP contribution is 2.25. The van der Waals surface area contributed by atoms with Crippen LogP contribution in [-0.4, -0.2) is 37.3 Å². The van der Waals surface area contributed by atoms with Crippen LogP contribution in [0, 0.1) is 0 Å². The van der Waals surface area contributed by atoms with Crippen LogP contribution in [0.1, 0.15) is 15.9 Å². The second kappa shape index (κ2) is 12.8. The Morgan fingerprint density at radius 3 is 2.35 bits per heavy atom. The molecule has 0 radical (unpaired) electrons. The lowest BCUT2D eigenvalue weighted by Gasteiger charge is -2.13. The van der Waals surface area contributed by atoms with E-state index in [0.717, 1.165) is 6.42 Å². The fraction of sp³-hybridized carbons (Fsp3) is 0.160. The highest BCUT2D eigenvalue weighted by Gasteiger charge is 2.11. The van der Waals surface area contributed by atoms with E-state index in [1.54, 1.807) is 48.5 Å². The Kier molecular flexibility index (Phi) is 9.24. The molecule has 0 spiro atoms. The number of carbonyl (C=O) groups is 2. The lowest BCUT2D eigenvalue weighted by Crippen LogP contribution is -2.49. The molecule has 0 fully saturated rings. The Bertz CT molecular complexity index is 1120. The minimum Gasteiger partial charge on any atom is -0.493 e. The molecule has 0 aliphatic heterocycles. The second-order valence-electron chi connectivity index (χ2n) is 7.01. The summed E-state index contributed by atoms with van der Waals surface area (Å²) < 4.78 is 16.3. The zero-order valence-corrected chi connectivity index (χ0v) is 19.4. The molecule has 34 heavy (non-hydrogen) atoms. The van der Waals surface area contributed by atoms with Crippen LogP contribution in [0.15, 0.2) is 78.9 Å². The Balaban J connectivity index is 1.41. The average molecular weight is 480 g/mol. The van der Waals surface area contributed by atoms with Crippen molar-refractivity contribution in [2.45, 2.75) is 6.42 Å². The van der Waals surface area contributed by atoms with Crippen molar-refractivity contribution in [3.05, 3.63) is 90.0 Å². The van der Waals surface area contributed by atoms with Crippen molar-refractivity contribution in [1.82, 2.24) is 16.2 Å². The fourth-order valence-corrected chi connectivity index (χ4v) is 3.05. The van der Waals surface area contributed by atoms with E-state index < -0.39 is 11.8 Å². The molecule has 0 saturated carbocycles. The van der Waals surface area contributed by atoms with Crippen molar-refractivity contribution < 1.29 is 23.8 Å². The van der Waals surface area contributed by atoms with Crippen LogP contribution in [-0.2, 0) is 11.2 Å². The SMILES string of the molecule is COc1ccccc1OCC(=O)NNC(=S)NC(=O)c1cccc(OCCc2ccccc2)c1. The molecule has 3 aromatic carbocycles. The van der Waals surface area contributed by atoms with E-state index in [-0.39, 0.29) is 11.7 Å². The molecule has 0 aliphatic carbocycles. The number of thiocarbonyl (C=S) groups is 1. The molecule has 0 saturated heterocycles. The number of para-hydroxylation sites is 2. The Morgan fingerprint density at radius 2 is 1.59 bits per heavy atom. The van der Waals surface area contributed by atoms with Gasteiger partial charge in [-0.25, -0.2) is 0 Å². The maximum absolute atomic E-state index is 12.5. The molecule has 2 amide bonds.